The molecule has 0 saturated carbocycles. The number of H-pyrrole nitrogens is 1. The summed E-state index contributed by atoms with van der Waals surface area (Å²) in [6, 6.07) is 3.23. The first-order valence-corrected chi connectivity index (χ1v) is 8.60. The Labute approximate surface area is 150 Å². The molecule has 3 heterocycles. The molecule has 8 nitrogen and oxygen atoms in total. The van der Waals surface area contributed by atoms with Crippen LogP contribution in [0.4, 0.5) is 0 Å². The first-order chi connectivity index (χ1) is 12.4. The highest BCUT2D eigenvalue weighted by Crippen LogP contribution is 2.27. The zero-order valence-corrected chi connectivity index (χ0v) is 14.9. The number of aliphatic carboxylic acids is 1. The summed E-state index contributed by atoms with van der Waals surface area (Å²) >= 11 is 0. The van der Waals surface area contributed by atoms with E-state index in [1.807, 2.05) is 0 Å². The van der Waals surface area contributed by atoms with Gasteiger partial charge in [-0.15, -0.1) is 0 Å². The lowest BCUT2D eigenvalue weighted by molar-refractivity contribution is -0.137. The number of aryl methyl sites for hydroxylation is 2. The molecule has 26 heavy (non-hydrogen) atoms. The van der Waals surface area contributed by atoms with Crippen LogP contribution in [0.5, 0.6) is 0 Å². The topological polar surface area (TPSA) is 108 Å². The number of amides is 1. The van der Waals surface area contributed by atoms with Crippen molar-refractivity contribution in [3.05, 3.63) is 51.2 Å². The maximum Gasteiger partial charge on any atom is 0.325 e. The molecule has 0 spiro atoms. The SMILES string of the molecule is Cc1cc(=O)c(C(=O)N2CCC[C@@H](c3ccnn3CC(=O)O)C2)c(C)[nH]1. The molecular weight excluding hydrogens is 336 g/mol. The van der Waals surface area contributed by atoms with Gasteiger partial charge in [-0.3, -0.25) is 19.1 Å². The third-order valence-corrected chi connectivity index (χ3v) is 4.73. The second kappa shape index (κ2) is 7.15. The average Bonchev–Trinajstić information content (AvgIpc) is 3.01. The monoisotopic (exact) mass is 358 g/mol. The molecule has 138 valence electrons. The van der Waals surface area contributed by atoms with Crippen LogP contribution in [0.2, 0.25) is 0 Å². The van der Waals surface area contributed by atoms with Crippen LogP contribution in [-0.4, -0.2) is 49.7 Å². The van der Waals surface area contributed by atoms with E-state index in [0.29, 0.717) is 18.8 Å². The number of rotatable bonds is 4. The van der Waals surface area contributed by atoms with E-state index in [0.717, 1.165) is 24.2 Å². The van der Waals surface area contributed by atoms with Crippen molar-refractivity contribution in [1.29, 1.82) is 0 Å². The van der Waals surface area contributed by atoms with E-state index >= 15 is 0 Å². The minimum Gasteiger partial charge on any atom is -0.480 e. The van der Waals surface area contributed by atoms with Gasteiger partial charge in [-0.05, 0) is 32.8 Å². The Morgan fingerprint density at radius 2 is 2.15 bits per heavy atom. The predicted octanol–water partition coefficient (Wildman–Crippen LogP) is 1.29. The number of likely N-dealkylation sites (tertiary alicyclic amines) is 1. The van der Waals surface area contributed by atoms with E-state index in [1.165, 1.54) is 10.7 Å². The minimum absolute atomic E-state index is 0.000568. The van der Waals surface area contributed by atoms with Crippen molar-refractivity contribution in [2.24, 2.45) is 0 Å². The van der Waals surface area contributed by atoms with Crippen molar-refractivity contribution in [2.45, 2.75) is 39.2 Å². The van der Waals surface area contributed by atoms with Crippen LogP contribution in [0.15, 0.2) is 23.1 Å². The Kier molecular flexibility index (Phi) is 4.92. The molecule has 1 saturated heterocycles. The van der Waals surface area contributed by atoms with Crippen LogP contribution in [-0.2, 0) is 11.3 Å². The number of carboxylic acid groups (broad SMARTS) is 1. The molecule has 1 fully saturated rings. The number of aromatic amines is 1. The summed E-state index contributed by atoms with van der Waals surface area (Å²) in [5, 5.41) is 13.1. The van der Waals surface area contributed by atoms with Crippen LogP contribution in [0.25, 0.3) is 0 Å². The molecule has 2 N–H and O–H groups in total. The third kappa shape index (κ3) is 3.54. The van der Waals surface area contributed by atoms with Crippen LogP contribution >= 0.6 is 0 Å². The minimum atomic E-state index is -0.958. The summed E-state index contributed by atoms with van der Waals surface area (Å²) in [5.41, 5.74) is 1.99. The summed E-state index contributed by atoms with van der Waals surface area (Å²) in [7, 11) is 0. The number of carbonyl (C=O) groups is 2. The van der Waals surface area contributed by atoms with Gasteiger partial charge in [-0.25, -0.2) is 0 Å². The lowest BCUT2D eigenvalue weighted by atomic mass is 9.94. The first-order valence-electron chi connectivity index (χ1n) is 8.60. The highest BCUT2D eigenvalue weighted by atomic mass is 16.4. The number of nitrogens with zero attached hydrogens (tertiary/aromatic N) is 3. The Hall–Kier alpha value is -2.90. The molecule has 1 aliphatic heterocycles. The predicted molar refractivity (Wildman–Crippen MR) is 94.3 cm³/mol. The first kappa shape index (κ1) is 17.9. The number of carbonyl (C=O) groups excluding carboxylic acids is 1. The molecule has 0 aromatic carbocycles. The highest BCUT2D eigenvalue weighted by Gasteiger charge is 2.29. The number of piperidine rings is 1. The van der Waals surface area contributed by atoms with Crippen LogP contribution in [0.1, 0.15) is 46.2 Å². The zero-order chi connectivity index (χ0) is 18.8. The highest BCUT2D eigenvalue weighted by molar-refractivity contribution is 5.95. The molecule has 8 heteroatoms. The van der Waals surface area contributed by atoms with E-state index < -0.39 is 5.97 Å². The normalized spacial score (nSPS) is 17.3. The fraction of sp³-hybridized carbons (Fsp3) is 0.444. The van der Waals surface area contributed by atoms with Crippen LogP contribution in [0.3, 0.4) is 0 Å². The molecular formula is C18H22N4O4. The van der Waals surface area contributed by atoms with Gasteiger partial charge >= 0.3 is 5.97 Å². The fourth-order valence-corrected chi connectivity index (χ4v) is 3.62. The molecule has 0 unspecified atom stereocenters. The summed E-state index contributed by atoms with van der Waals surface area (Å²) < 4.78 is 1.46. The van der Waals surface area contributed by atoms with Gasteiger partial charge in [0.25, 0.3) is 5.91 Å². The zero-order valence-electron chi connectivity index (χ0n) is 14.9. The maximum absolute atomic E-state index is 12.9. The molecule has 0 aliphatic carbocycles. The van der Waals surface area contributed by atoms with Crippen LogP contribution in [0, 0.1) is 13.8 Å². The standard InChI is InChI=1S/C18H22N4O4/c1-11-8-15(23)17(12(2)20-11)18(26)21-7-3-4-13(9-21)14-5-6-19-22(14)10-16(24)25/h5-6,8,13H,3-4,7,9-10H2,1-2H3,(H,20,23)(H,24,25)/t13-/m1/s1. The van der Waals surface area contributed by atoms with Crippen molar-refractivity contribution in [3.63, 3.8) is 0 Å². The van der Waals surface area contributed by atoms with Crippen molar-refractivity contribution in [3.8, 4) is 0 Å². The van der Waals surface area contributed by atoms with E-state index in [2.05, 4.69) is 10.1 Å². The molecule has 0 bridgehead atoms. The molecule has 0 radical (unpaired) electrons. The van der Waals surface area contributed by atoms with Gasteiger partial charge < -0.3 is 15.0 Å². The summed E-state index contributed by atoms with van der Waals surface area (Å²) in [6.07, 6.45) is 3.21. The average molecular weight is 358 g/mol. The Morgan fingerprint density at radius 1 is 1.38 bits per heavy atom. The number of carboxylic acids is 1. The quantitative estimate of drug-likeness (QED) is 0.856. The lowest BCUT2D eigenvalue weighted by Crippen LogP contribution is -2.42. The molecule has 2 aromatic heterocycles. The smallest absolute Gasteiger partial charge is 0.325 e. The van der Waals surface area contributed by atoms with E-state index in [4.69, 9.17) is 5.11 Å². The number of nitrogens with one attached hydrogen (secondary N) is 1. The summed E-state index contributed by atoms with van der Waals surface area (Å²) in [4.78, 5) is 40.9. The Morgan fingerprint density at radius 3 is 2.85 bits per heavy atom. The van der Waals surface area contributed by atoms with Crippen LogP contribution < -0.4 is 5.43 Å². The van der Waals surface area contributed by atoms with Crippen molar-refractivity contribution < 1.29 is 14.7 Å². The van der Waals surface area contributed by atoms with Gasteiger partial charge in [-0.2, -0.15) is 5.10 Å². The largest absolute Gasteiger partial charge is 0.480 e. The third-order valence-electron chi connectivity index (χ3n) is 4.73. The maximum atomic E-state index is 12.9. The molecule has 1 atom stereocenters. The molecule has 1 aliphatic rings. The van der Waals surface area contributed by atoms with Gasteiger partial charge in [0.15, 0.2) is 5.43 Å². The second-order valence-corrected chi connectivity index (χ2v) is 6.71. The Bertz CT molecular complexity index is 899. The van der Waals surface area contributed by atoms with Crippen molar-refractivity contribution in [2.75, 3.05) is 13.1 Å². The van der Waals surface area contributed by atoms with Gasteiger partial charge in [-0.1, -0.05) is 0 Å². The van der Waals surface area contributed by atoms with Crippen molar-refractivity contribution in [1.82, 2.24) is 19.7 Å². The summed E-state index contributed by atoms with van der Waals surface area (Å²) in [5.74, 6) is -1.24. The van der Waals surface area contributed by atoms with Gasteiger partial charge in [0.05, 0.1) is 0 Å². The molecule has 2 aromatic rings. The number of pyridine rings is 1. The van der Waals surface area contributed by atoms with Gasteiger partial charge in [0, 0.05) is 48.4 Å². The van der Waals surface area contributed by atoms with E-state index in [1.54, 1.807) is 31.0 Å². The molecule has 1 amide bonds. The second-order valence-electron chi connectivity index (χ2n) is 6.71. The number of aromatic nitrogens is 3. The van der Waals surface area contributed by atoms with Gasteiger partial charge in [0.1, 0.15) is 12.1 Å². The van der Waals surface area contributed by atoms with Crippen molar-refractivity contribution >= 4 is 11.9 Å². The van der Waals surface area contributed by atoms with E-state index in [9.17, 15) is 14.4 Å². The lowest BCUT2D eigenvalue weighted by Gasteiger charge is -2.33. The van der Waals surface area contributed by atoms with Gasteiger partial charge in [0.2, 0.25) is 0 Å². The number of hydrogen-bond donors (Lipinski definition) is 2. The van der Waals surface area contributed by atoms with E-state index in [-0.39, 0.29) is 29.4 Å². The molecule has 3 rings (SSSR count). The fourth-order valence-electron chi connectivity index (χ4n) is 3.62. The summed E-state index contributed by atoms with van der Waals surface area (Å²) in [6.45, 7) is 4.32. The Balaban J connectivity index is 1.83. The number of hydrogen-bond acceptors (Lipinski definition) is 4.